The van der Waals surface area contributed by atoms with Gasteiger partial charge < -0.3 is 14.5 Å². The molecule has 0 spiro atoms. The van der Waals surface area contributed by atoms with Crippen molar-refractivity contribution in [2.75, 3.05) is 13.7 Å². The number of amides is 1. The van der Waals surface area contributed by atoms with Crippen LogP contribution in [0, 0.1) is 0 Å². The van der Waals surface area contributed by atoms with Crippen LogP contribution >= 0.6 is 0 Å². The monoisotopic (exact) mass is 226 g/mol. The summed E-state index contributed by atoms with van der Waals surface area (Å²) in [5, 5.41) is 2.67. The summed E-state index contributed by atoms with van der Waals surface area (Å²) < 4.78 is 9.20. The molecule has 0 unspecified atom stereocenters. The summed E-state index contributed by atoms with van der Waals surface area (Å²) in [5.74, 6) is -0.555. The van der Waals surface area contributed by atoms with Gasteiger partial charge in [-0.05, 0) is 0 Å². The number of carbonyl (C=O) groups excluding carboxylic acids is 2. The van der Waals surface area contributed by atoms with Crippen molar-refractivity contribution in [2.45, 2.75) is 19.3 Å². The molecule has 0 aliphatic rings. The number of nitrogens with zero attached hydrogens (tertiary/aromatic N) is 1. The Morgan fingerprint density at radius 3 is 2.94 bits per heavy atom. The maximum Gasteiger partial charge on any atom is 0.306 e. The number of aromatic nitrogens is 1. The first-order valence-electron chi connectivity index (χ1n) is 4.93. The highest BCUT2D eigenvalue weighted by Crippen LogP contribution is 1.95. The first kappa shape index (κ1) is 12.2. The fourth-order valence-electron chi connectivity index (χ4n) is 1.10. The largest absolute Gasteiger partial charge is 0.469 e. The molecule has 1 aromatic rings. The second-order valence-corrected chi connectivity index (χ2v) is 3.16. The van der Waals surface area contributed by atoms with Crippen LogP contribution in [0.3, 0.4) is 0 Å². The summed E-state index contributed by atoms with van der Waals surface area (Å²) in [6.07, 6.45) is 3.73. The van der Waals surface area contributed by atoms with Crippen LogP contribution in [0.2, 0.25) is 0 Å². The fourth-order valence-corrected chi connectivity index (χ4v) is 1.10. The molecule has 6 nitrogen and oxygen atoms in total. The quantitative estimate of drug-likeness (QED) is 0.705. The Kier molecular flexibility index (Phi) is 5.04. The lowest BCUT2D eigenvalue weighted by Crippen LogP contribution is -2.26. The highest BCUT2D eigenvalue weighted by atomic mass is 16.5. The van der Waals surface area contributed by atoms with Crippen LogP contribution in [0.25, 0.3) is 0 Å². The summed E-state index contributed by atoms with van der Waals surface area (Å²) in [4.78, 5) is 25.9. The lowest BCUT2D eigenvalue weighted by molar-refractivity contribution is -0.142. The van der Waals surface area contributed by atoms with E-state index in [-0.39, 0.29) is 24.7 Å². The number of methoxy groups -OCH3 is 1. The number of oxazole rings is 1. The molecule has 0 bridgehead atoms. The molecule has 0 atom stereocenters. The summed E-state index contributed by atoms with van der Waals surface area (Å²) in [6, 6.07) is 0. The Bertz CT molecular complexity index is 335. The van der Waals surface area contributed by atoms with Gasteiger partial charge in [0.25, 0.3) is 0 Å². The molecular weight excluding hydrogens is 212 g/mol. The fraction of sp³-hybridized carbons (Fsp3) is 0.500. The van der Waals surface area contributed by atoms with E-state index in [1.165, 1.54) is 19.8 Å². The van der Waals surface area contributed by atoms with Crippen LogP contribution in [0.1, 0.15) is 18.5 Å². The van der Waals surface area contributed by atoms with Crippen molar-refractivity contribution in [3.8, 4) is 0 Å². The zero-order chi connectivity index (χ0) is 11.8. The number of nitrogens with one attached hydrogen (secondary N) is 1. The topological polar surface area (TPSA) is 81.4 Å². The van der Waals surface area contributed by atoms with Gasteiger partial charge >= 0.3 is 5.97 Å². The molecule has 0 aliphatic heterocycles. The molecular formula is C10H14N2O4. The van der Waals surface area contributed by atoms with Crippen LogP contribution in [0.15, 0.2) is 17.1 Å². The second kappa shape index (κ2) is 6.60. The summed E-state index contributed by atoms with van der Waals surface area (Å²) >= 11 is 0. The maximum absolute atomic E-state index is 11.2. The minimum absolute atomic E-state index is 0.103. The van der Waals surface area contributed by atoms with Crippen molar-refractivity contribution in [3.05, 3.63) is 18.4 Å². The summed E-state index contributed by atoms with van der Waals surface area (Å²) in [7, 11) is 1.30. The van der Waals surface area contributed by atoms with Crippen molar-refractivity contribution in [1.29, 1.82) is 0 Å². The smallest absolute Gasteiger partial charge is 0.306 e. The van der Waals surface area contributed by atoms with Gasteiger partial charge in [0.05, 0.1) is 19.2 Å². The minimum atomic E-state index is -0.383. The normalized spacial score (nSPS) is 9.81. The Morgan fingerprint density at radius 2 is 2.31 bits per heavy atom. The Morgan fingerprint density at radius 1 is 1.50 bits per heavy atom. The van der Waals surface area contributed by atoms with Gasteiger partial charge in [0, 0.05) is 19.4 Å². The molecule has 1 rings (SSSR count). The third kappa shape index (κ3) is 4.59. The molecule has 0 saturated heterocycles. The van der Waals surface area contributed by atoms with Crippen LogP contribution in [0.4, 0.5) is 0 Å². The maximum atomic E-state index is 11.2. The molecule has 0 aromatic carbocycles. The highest BCUT2D eigenvalue weighted by molar-refractivity contribution is 5.81. The van der Waals surface area contributed by atoms with Crippen molar-refractivity contribution in [3.63, 3.8) is 0 Å². The van der Waals surface area contributed by atoms with E-state index in [9.17, 15) is 9.59 Å². The zero-order valence-corrected chi connectivity index (χ0v) is 9.06. The predicted molar refractivity (Wildman–Crippen MR) is 54.5 cm³/mol. The van der Waals surface area contributed by atoms with Gasteiger partial charge in [-0.25, -0.2) is 4.98 Å². The van der Waals surface area contributed by atoms with E-state index in [1.807, 2.05) is 0 Å². The molecule has 6 heteroatoms. The molecule has 16 heavy (non-hydrogen) atoms. The van der Waals surface area contributed by atoms with E-state index in [4.69, 9.17) is 4.42 Å². The van der Waals surface area contributed by atoms with Crippen LogP contribution in [-0.2, 0) is 20.7 Å². The Balaban J connectivity index is 2.09. The van der Waals surface area contributed by atoms with Gasteiger partial charge in [-0.3, -0.25) is 9.59 Å². The van der Waals surface area contributed by atoms with E-state index in [0.29, 0.717) is 13.0 Å². The first-order valence-corrected chi connectivity index (χ1v) is 4.93. The Labute approximate surface area is 93.0 Å². The van der Waals surface area contributed by atoms with Gasteiger partial charge in [-0.1, -0.05) is 0 Å². The zero-order valence-electron chi connectivity index (χ0n) is 9.06. The van der Waals surface area contributed by atoms with Crippen LogP contribution in [-0.4, -0.2) is 30.5 Å². The second-order valence-electron chi connectivity index (χ2n) is 3.16. The predicted octanol–water partition coefficient (Wildman–Crippen LogP) is 0.286. The van der Waals surface area contributed by atoms with Crippen molar-refractivity contribution < 1.29 is 18.7 Å². The number of ether oxygens (including phenoxy) is 1. The molecule has 1 heterocycles. The number of carbonyl (C=O) groups is 2. The molecule has 0 saturated carbocycles. The van der Waals surface area contributed by atoms with Gasteiger partial charge in [-0.2, -0.15) is 0 Å². The number of hydrogen-bond donors (Lipinski definition) is 1. The third-order valence-corrected chi connectivity index (χ3v) is 1.97. The van der Waals surface area contributed by atoms with Gasteiger partial charge in [0.2, 0.25) is 5.91 Å². The van der Waals surface area contributed by atoms with Gasteiger partial charge in [0.15, 0.2) is 6.39 Å². The van der Waals surface area contributed by atoms with Crippen LogP contribution < -0.4 is 5.32 Å². The molecule has 1 N–H and O–H groups in total. The third-order valence-electron chi connectivity index (χ3n) is 1.97. The molecule has 0 fully saturated rings. The number of rotatable bonds is 6. The average molecular weight is 226 g/mol. The summed E-state index contributed by atoms with van der Waals surface area (Å²) in [6.45, 7) is 0.479. The minimum Gasteiger partial charge on any atom is -0.469 e. The van der Waals surface area contributed by atoms with E-state index in [0.717, 1.165) is 5.69 Å². The lowest BCUT2D eigenvalue weighted by Gasteiger charge is -2.02. The standard InChI is InChI=1S/C10H14N2O4/c1-15-10(14)3-2-9(13)11-5-4-8-6-16-7-12-8/h6-7H,2-5H2,1H3,(H,11,13). The molecule has 0 aliphatic carbocycles. The van der Waals surface area contributed by atoms with E-state index in [2.05, 4.69) is 15.0 Å². The van der Waals surface area contributed by atoms with E-state index < -0.39 is 0 Å². The molecule has 0 radical (unpaired) electrons. The highest BCUT2D eigenvalue weighted by Gasteiger charge is 2.06. The molecule has 1 amide bonds. The Hall–Kier alpha value is -1.85. The number of hydrogen-bond acceptors (Lipinski definition) is 5. The van der Waals surface area contributed by atoms with Crippen molar-refractivity contribution in [2.24, 2.45) is 0 Å². The molecule has 1 aromatic heterocycles. The molecule has 88 valence electrons. The average Bonchev–Trinajstić information content (AvgIpc) is 2.79. The van der Waals surface area contributed by atoms with Crippen molar-refractivity contribution in [1.82, 2.24) is 10.3 Å². The van der Waals surface area contributed by atoms with E-state index >= 15 is 0 Å². The first-order chi connectivity index (χ1) is 7.72. The van der Waals surface area contributed by atoms with Crippen LogP contribution in [0.5, 0.6) is 0 Å². The van der Waals surface area contributed by atoms with Gasteiger partial charge in [-0.15, -0.1) is 0 Å². The van der Waals surface area contributed by atoms with E-state index in [1.54, 1.807) is 0 Å². The summed E-state index contributed by atoms with van der Waals surface area (Å²) in [5.41, 5.74) is 0.785. The lowest BCUT2D eigenvalue weighted by atomic mass is 10.3. The number of esters is 1. The SMILES string of the molecule is COC(=O)CCC(=O)NCCc1cocn1. The van der Waals surface area contributed by atoms with Gasteiger partial charge in [0.1, 0.15) is 6.26 Å². The van der Waals surface area contributed by atoms with Crippen molar-refractivity contribution >= 4 is 11.9 Å².